The number of alkyl halides is 6. The highest BCUT2D eigenvalue weighted by molar-refractivity contribution is 5.83. The summed E-state index contributed by atoms with van der Waals surface area (Å²) in [6, 6.07) is 21.5. The molecule has 0 radical (unpaired) electrons. The zero-order valence-corrected chi connectivity index (χ0v) is 24.4. The first-order valence-corrected chi connectivity index (χ1v) is 13.8. The number of methoxy groups -OCH3 is 2. The Hall–Kier alpha value is -4.16. The smallest absolute Gasteiger partial charge is 0.432 e. The fourth-order valence-electron chi connectivity index (χ4n) is 4.75. The van der Waals surface area contributed by atoms with Crippen molar-refractivity contribution < 1.29 is 54.9 Å². The lowest BCUT2D eigenvalue weighted by molar-refractivity contribution is -0.278. The number of halogens is 6. The molecule has 3 atom stereocenters. The van der Waals surface area contributed by atoms with Crippen molar-refractivity contribution in [1.29, 1.82) is 0 Å². The van der Waals surface area contributed by atoms with Gasteiger partial charge in [-0.15, -0.1) is 0 Å². The van der Waals surface area contributed by atoms with Gasteiger partial charge in [-0.2, -0.15) is 26.3 Å². The molecule has 0 aromatic heterocycles. The van der Waals surface area contributed by atoms with Gasteiger partial charge < -0.3 is 18.9 Å². The van der Waals surface area contributed by atoms with Crippen LogP contribution < -0.4 is 0 Å². The summed E-state index contributed by atoms with van der Waals surface area (Å²) in [5, 5.41) is 0. The minimum absolute atomic E-state index is 0.0984. The average molecular weight is 639 g/mol. The summed E-state index contributed by atoms with van der Waals surface area (Å²) in [6.45, 7) is -0.624. The SMILES string of the molecule is CO[C@](C(=O)OC/C=C\C[C@H](CCc1ccccc1)OC(=O)[C@@](OC)(c1ccccc1)C(F)(F)F)(c1ccccc1)C(F)(F)F. The van der Waals surface area contributed by atoms with Gasteiger partial charge in [0, 0.05) is 31.8 Å². The fourth-order valence-corrected chi connectivity index (χ4v) is 4.75. The van der Waals surface area contributed by atoms with Crippen molar-refractivity contribution in [3.8, 4) is 0 Å². The van der Waals surface area contributed by atoms with Crippen molar-refractivity contribution in [2.24, 2.45) is 0 Å². The van der Waals surface area contributed by atoms with Crippen molar-refractivity contribution in [3.63, 3.8) is 0 Å². The Morgan fingerprint density at radius 2 is 1.11 bits per heavy atom. The van der Waals surface area contributed by atoms with Crippen LogP contribution in [0.2, 0.25) is 0 Å². The molecule has 45 heavy (non-hydrogen) atoms. The Bertz CT molecular complexity index is 1400. The lowest BCUT2D eigenvalue weighted by Gasteiger charge is -2.33. The largest absolute Gasteiger partial charge is 0.459 e. The zero-order valence-electron chi connectivity index (χ0n) is 24.4. The van der Waals surface area contributed by atoms with Gasteiger partial charge in [-0.3, -0.25) is 0 Å². The second-order valence-electron chi connectivity index (χ2n) is 9.86. The third-order valence-electron chi connectivity index (χ3n) is 7.09. The minimum Gasteiger partial charge on any atom is -0.459 e. The van der Waals surface area contributed by atoms with E-state index in [2.05, 4.69) is 4.74 Å². The number of aryl methyl sites for hydroxylation is 1. The molecule has 0 aliphatic heterocycles. The molecule has 12 heteroatoms. The van der Waals surface area contributed by atoms with Gasteiger partial charge in [-0.05, 0) is 18.4 Å². The van der Waals surface area contributed by atoms with Crippen LogP contribution in [0, 0.1) is 0 Å². The molecule has 0 bridgehead atoms. The van der Waals surface area contributed by atoms with Crippen LogP contribution in [-0.2, 0) is 46.2 Å². The highest BCUT2D eigenvalue weighted by Gasteiger charge is 2.65. The quantitative estimate of drug-likeness (QED) is 0.105. The van der Waals surface area contributed by atoms with Crippen LogP contribution in [0.4, 0.5) is 26.3 Å². The standard InChI is InChI=1S/C33H32F6O6/c1-42-30(32(34,35)36,25-16-8-4-9-17-25)28(40)44-23-13-12-20-27(22-21-24-14-6-3-7-15-24)45-29(41)31(43-2,33(37,38)39)26-18-10-5-11-19-26/h3-19,27H,20-23H2,1-2H3/b13-12-/t27-,30+,31+/m1/s1. The molecular weight excluding hydrogens is 606 g/mol. The topological polar surface area (TPSA) is 71.1 Å². The third-order valence-corrected chi connectivity index (χ3v) is 7.09. The summed E-state index contributed by atoms with van der Waals surface area (Å²) in [6.07, 6.45) is -8.62. The first-order chi connectivity index (χ1) is 21.3. The molecule has 0 unspecified atom stereocenters. The van der Waals surface area contributed by atoms with E-state index in [0.29, 0.717) is 6.42 Å². The van der Waals surface area contributed by atoms with E-state index in [9.17, 15) is 35.9 Å². The Morgan fingerprint density at radius 3 is 1.56 bits per heavy atom. The molecule has 3 rings (SSSR count). The maximum Gasteiger partial charge on any atom is 0.432 e. The van der Waals surface area contributed by atoms with Gasteiger partial charge in [-0.1, -0.05) is 103 Å². The molecule has 242 valence electrons. The van der Waals surface area contributed by atoms with Crippen LogP contribution in [0.5, 0.6) is 0 Å². The van der Waals surface area contributed by atoms with E-state index >= 15 is 0 Å². The number of rotatable bonds is 14. The number of carbonyl (C=O) groups is 2. The lowest BCUT2D eigenvalue weighted by Crippen LogP contribution is -2.52. The number of ether oxygens (including phenoxy) is 4. The average Bonchev–Trinajstić information content (AvgIpc) is 3.01. The van der Waals surface area contributed by atoms with Crippen LogP contribution in [0.3, 0.4) is 0 Å². The van der Waals surface area contributed by atoms with Gasteiger partial charge in [0.15, 0.2) is 0 Å². The summed E-state index contributed by atoms with van der Waals surface area (Å²) in [4.78, 5) is 26.0. The van der Waals surface area contributed by atoms with E-state index in [-0.39, 0.29) is 12.8 Å². The van der Waals surface area contributed by atoms with Crippen LogP contribution in [0.15, 0.2) is 103 Å². The normalized spacial score (nSPS) is 15.6. The molecule has 0 fully saturated rings. The van der Waals surface area contributed by atoms with E-state index in [1.165, 1.54) is 48.6 Å². The fraction of sp³-hybridized carbons (Fsp3) is 0.333. The molecule has 0 amide bonds. The summed E-state index contributed by atoms with van der Waals surface area (Å²) in [5.41, 5.74) is -6.91. The molecule has 0 saturated heterocycles. The maximum atomic E-state index is 14.4. The summed E-state index contributed by atoms with van der Waals surface area (Å²) < 4.78 is 105. The highest BCUT2D eigenvalue weighted by atomic mass is 19.4. The Balaban J connectivity index is 1.79. The van der Waals surface area contributed by atoms with Gasteiger partial charge in [-0.25, -0.2) is 9.59 Å². The second-order valence-corrected chi connectivity index (χ2v) is 9.86. The molecule has 3 aromatic carbocycles. The van der Waals surface area contributed by atoms with E-state index in [0.717, 1.165) is 44.0 Å². The molecule has 0 heterocycles. The summed E-state index contributed by atoms with van der Waals surface area (Å²) >= 11 is 0. The van der Waals surface area contributed by atoms with Crippen molar-refractivity contribution in [3.05, 3.63) is 120 Å². The Labute approximate surface area is 256 Å². The zero-order chi connectivity index (χ0) is 33.1. The van der Waals surface area contributed by atoms with Crippen molar-refractivity contribution in [2.75, 3.05) is 20.8 Å². The van der Waals surface area contributed by atoms with Gasteiger partial charge in [0.2, 0.25) is 0 Å². The second kappa shape index (κ2) is 15.2. The summed E-state index contributed by atoms with van der Waals surface area (Å²) in [5.74, 6) is -3.39. The van der Waals surface area contributed by atoms with Gasteiger partial charge in [0.05, 0.1) is 0 Å². The van der Waals surface area contributed by atoms with E-state index < -0.39 is 59.3 Å². The van der Waals surface area contributed by atoms with Crippen molar-refractivity contribution in [2.45, 2.75) is 48.9 Å². The van der Waals surface area contributed by atoms with Gasteiger partial charge in [0.25, 0.3) is 11.2 Å². The minimum atomic E-state index is -5.18. The predicted octanol–water partition coefficient (Wildman–Crippen LogP) is 7.23. The number of benzene rings is 3. The molecule has 0 N–H and O–H groups in total. The van der Waals surface area contributed by atoms with E-state index in [4.69, 9.17) is 14.2 Å². The molecule has 6 nitrogen and oxygen atoms in total. The third kappa shape index (κ3) is 7.93. The van der Waals surface area contributed by atoms with Crippen LogP contribution in [0.1, 0.15) is 29.5 Å². The number of esters is 2. The van der Waals surface area contributed by atoms with Gasteiger partial charge in [0.1, 0.15) is 12.7 Å². The highest BCUT2D eigenvalue weighted by Crippen LogP contribution is 2.44. The molecule has 3 aromatic rings. The molecule has 0 aliphatic rings. The van der Waals surface area contributed by atoms with E-state index in [1.807, 2.05) is 0 Å². The van der Waals surface area contributed by atoms with Crippen molar-refractivity contribution >= 4 is 11.9 Å². The summed E-state index contributed by atoms with van der Waals surface area (Å²) in [7, 11) is 1.49. The Morgan fingerprint density at radius 1 is 0.667 bits per heavy atom. The van der Waals surface area contributed by atoms with Crippen LogP contribution in [0.25, 0.3) is 0 Å². The monoisotopic (exact) mass is 638 g/mol. The first kappa shape index (κ1) is 35.3. The first-order valence-electron chi connectivity index (χ1n) is 13.8. The Kier molecular flexibility index (Phi) is 11.9. The number of carbonyl (C=O) groups excluding carboxylic acids is 2. The van der Waals surface area contributed by atoms with Crippen LogP contribution >= 0.6 is 0 Å². The van der Waals surface area contributed by atoms with Crippen molar-refractivity contribution in [1.82, 2.24) is 0 Å². The van der Waals surface area contributed by atoms with Gasteiger partial charge >= 0.3 is 24.3 Å². The number of hydrogen-bond donors (Lipinski definition) is 0. The molecular formula is C33H32F6O6. The molecule has 0 aliphatic carbocycles. The lowest BCUT2D eigenvalue weighted by atomic mass is 9.92. The predicted molar refractivity (Wildman–Crippen MR) is 152 cm³/mol. The number of hydrogen-bond acceptors (Lipinski definition) is 6. The maximum absolute atomic E-state index is 14.4. The van der Waals surface area contributed by atoms with E-state index in [1.54, 1.807) is 30.3 Å². The van der Waals surface area contributed by atoms with Crippen LogP contribution in [-0.4, -0.2) is 51.2 Å². The molecule has 0 spiro atoms. The molecule has 0 saturated carbocycles.